The lowest BCUT2D eigenvalue weighted by Crippen LogP contribution is -2.04. The molecule has 5 nitrogen and oxygen atoms in total. The van der Waals surface area contributed by atoms with Crippen molar-refractivity contribution >= 4 is 11.1 Å². The van der Waals surface area contributed by atoms with Gasteiger partial charge in [0.25, 0.3) is 0 Å². The van der Waals surface area contributed by atoms with Crippen molar-refractivity contribution < 1.29 is 4.42 Å². The summed E-state index contributed by atoms with van der Waals surface area (Å²) in [5.74, 6) is 1.45. The maximum atomic E-state index is 5.65. The molecule has 0 saturated heterocycles. The summed E-state index contributed by atoms with van der Waals surface area (Å²) in [5, 5.41) is 4.46. The zero-order valence-electron chi connectivity index (χ0n) is 14.2. The van der Waals surface area contributed by atoms with Crippen LogP contribution in [0, 0.1) is 27.7 Å². The Bertz CT molecular complexity index is 1040. The summed E-state index contributed by atoms with van der Waals surface area (Å²) in [6, 6.07) is 10.3. The van der Waals surface area contributed by atoms with Gasteiger partial charge in [-0.25, -0.2) is 14.6 Å². The molecule has 0 aliphatic rings. The van der Waals surface area contributed by atoms with Gasteiger partial charge in [0, 0.05) is 12.5 Å². The normalized spacial score (nSPS) is 11.3. The number of aromatic nitrogens is 4. The largest absolute Gasteiger partial charge is 0.441 e. The third-order valence-corrected chi connectivity index (χ3v) is 4.15. The lowest BCUT2D eigenvalue weighted by atomic mass is 10.0. The van der Waals surface area contributed by atoms with Crippen LogP contribution < -0.4 is 0 Å². The summed E-state index contributed by atoms with van der Waals surface area (Å²) in [6.45, 7) is 8.15. The molecule has 2 aromatic heterocycles. The Balaban J connectivity index is 1.91. The molecule has 0 bridgehead atoms. The van der Waals surface area contributed by atoms with Crippen LogP contribution in [0.2, 0.25) is 0 Å². The number of oxazole rings is 1. The van der Waals surface area contributed by atoms with E-state index in [9.17, 15) is 0 Å². The fourth-order valence-corrected chi connectivity index (χ4v) is 3.29. The van der Waals surface area contributed by atoms with Gasteiger partial charge in [-0.2, -0.15) is 5.10 Å². The summed E-state index contributed by atoms with van der Waals surface area (Å²) < 4.78 is 7.54. The second-order valence-corrected chi connectivity index (χ2v) is 6.16. The summed E-state index contributed by atoms with van der Waals surface area (Å²) >= 11 is 0. The van der Waals surface area contributed by atoms with Gasteiger partial charge in [0.15, 0.2) is 17.3 Å². The molecule has 24 heavy (non-hydrogen) atoms. The monoisotopic (exact) mass is 318 g/mol. The quantitative estimate of drug-likeness (QED) is 0.552. The number of hydrogen-bond acceptors (Lipinski definition) is 4. The number of aryl methyl sites for hydroxylation is 4. The second kappa shape index (κ2) is 5.30. The summed E-state index contributed by atoms with van der Waals surface area (Å²) in [4.78, 5) is 8.82. The predicted molar refractivity (Wildman–Crippen MR) is 93.3 cm³/mol. The Hall–Kier alpha value is -2.95. The molecule has 0 spiro atoms. The molecule has 0 radical (unpaired) electrons. The molecule has 5 heteroatoms. The lowest BCUT2D eigenvalue weighted by molar-refractivity contribution is 0.561. The smallest absolute Gasteiger partial charge is 0.192 e. The van der Waals surface area contributed by atoms with Crippen LogP contribution in [0.4, 0.5) is 0 Å². The highest BCUT2D eigenvalue weighted by molar-refractivity contribution is 5.79. The topological polar surface area (TPSA) is 56.7 Å². The number of benzene rings is 2. The molecular weight excluding hydrogens is 300 g/mol. The van der Waals surface area contributed by atoms with E-state index in [1.807, 2.05) is 29.8 Å². The van der Waals surface area contributed by atoms with Crippen LogP contribution in [0.25, 0.3) is 28.2 Å². The maximum absolute atomic E-state index is 5.65. The van der Waals surface area contributed by atoms with E-state index >= 15 is 0 Å². The molecule has 0 amide bonds. The standard InChI is InChI=1S/C19H18N4O/c1-11-7-12(2)18(13(3)8-11)23-19(20-10-21-23)15-5-6-16-17(9-15)24-14(4)22-16/h5-10H,1-4H3. The fourth-order valence-electron chi connectivity index (χ4n) is 3.29. The minimum atomic E-state index is 0.661. The van der Waals surface area contributed by atoms with Crippen molar-refractivity contribution in [3.05, 3.63) is 59.2 Å². The van der Waals surface area contributed by atoms with Crippen molar-refractivity contribution in [3.8, 4) is 17.1 Å². The SMILES string of the molecule is Cc1cc(C)c(-n2ncnc2-c2ccc3nc(C)oc3c2)c(C)c1. The Kier molecular flexibility index (Phi) is 3.23. The first-order chi connectivity index (χ1) is 11.5. The molecule has 0 aliphatic carbocycles. The maximum Gasteiger partial charge on any atom is 0.192 e. The molecule has 4 aromatic rings. The van der Waals surface area contributed by atoms with Crippen LogP contribution in [-0.4, -0.2) is 19.7 Å². The second-order valence-electron chi connectivity index (χ2n) is 6.16. The van der Waals surface area contributed by atoms with Gasteiger partial charge in [-0.15, -0.1) is 0 Å². The summed E-state index contributed by atoms with van der Waals surface area (Å²) in [6.07, 6.45) is 1.59. The van der Waals surface area contributed by atoms with Gasteiger partial charge in [0.2, 0.25) is 0 Å². The van der Waals surface area contributed by atoms with E-state index < -0.39 is 0 Å². The van der Waals surface area contributed by atoms with Gasteiger partial charge in [-0.3, -0.25) is 0 Å². The van der Waals surface area contributed by atoms with Crippen LogP contribution >= 0.6 is 0 Å². The summed E-state index contributed by atoms with van der Waals surface area (Å²) in [7, 11) is 0. The molecule has 0 aliphatic heterocycles. The van der Waals surface area contributed by atoms with Gasteiger partial charge in [-0.05, 0) is 50.1 Å². The minimum Gasteiger partial charge on any atom is -0.441 e. The fraction of sp³-hybridized carbons (Fsp3) is 0.211. The molecule has 0 fully saturated rings. The van der Waals surface area contributed by atoms with E-state index in [2.05, 4.69) is 48.0 Å². The van der Waals surface area contributed by atoms with E-state index in [1.165, 1.54) is 16.7 Å². The summed E-state index contributed by atoms with van der Waals surface area (Å²) in [5.41, 5.74) is 7.24. The third-order valence-electron chi connectivity index (χ3n) is 4.15. The number of nitrogens with zero attached hydrogens (tertiary/aromatic N) is 4. The van der Waals surface area contributed by atoms with Crippen molar-refractivity contribution in [2.75, 3.05) is 0 Å². The zero-order chi connectivity index (χ0) is 16.8. The highest BCUT2D eigenvalue weighted by atomic mass is 16.3. The molecule has 2 aromatic carbocycles. The highest BCUT2D eigenvalue weighted by Crippen LogP contribution is 2.28. The number of fused-ring (bicyclic) bond motifs is 1. The molecule has 120 valence electrons. The van der Waals surface area contributed by atoms with Crippen LogP contribution in [0.3, 0.4) is 0 Å². The number of hydrogen-bond donors (Lipinski definition) is 0. The Morgan fingerprint density at radius 1 is 0.958 bits per heavy atom. The first kappa shape index (κ1) is 14.6. The Morgan fingerprint density at radius 2 is 1.71 bits per heavy atom. The van der Waals surface area contributed by atoms with Crippen molar-refractivity contribution in [2.45, 2.75) is 27.7 Å². The average Bonchev–Trinajstić information content (AvgIpc) is 3.10. The molecule has 0 N–H and O–H groups in total. The van der Waals surface area contributed by atoms with Crippen LogP contribution in [0.15, 0.2) is 41.1 Å². The average molecular weight is 318 g/mol. The van der Waals surface area contributed by atoms with Crippen LogP contribution in [-0.2, 0) is 0 Å². The van der Waals surface area contributed by atoms with Gasteiger partial charge >= 0.3 is 0 Å². The first-order valence-electron chi connectivity index (χ1n) is 7.89. The molecule has 0 atom stereocenters. The van der Waals surface area contributed by atoms with Crippen molar-refractivity contribution in [2.24, 2.45) is 0 Å². The molecule has 2 heterocycles. The third kappa shape index (κ3) is 2.29. The lowest BCUT2D eigenvalue weighted by Gasteiger charge is -2.13. The van der Waals surface area contributed by atoms with Gasteiger partial charge in [-0.1, -0.05) is 17.7 Å². The van der Waals surface area contributed by atoms with E-state index in [0.717, 1.165) is 28.2 Å². The van der Waals surface area contributed by atoms with Crippen LogP contribution in [0.5, 0.6) is 0 Å². The molecule has 0 saturated carbocycles. The van der Waals surface area contributed by atoms with Crippen molar-refractivity contribution in [1.82, 2.24) is 19.7 Å². The van der Waals surface area contributed by atoms with Gasteiger partial charge < -0.3 is 4.42 Å². The molecule has 0 unspecified atom stereocenters. The predicted octanol–water partition coefficient (Wildman–Crippen LogP) is 4.31. The van der Waals surface area contributed by atoms with Crippen molar-refractivity contribution in [3.63, 3.8) is 0 Å². The van der Waals surface area contributed by atoms with E-state index in [-0.39, 0.29) is 0 Å². The Morgan fingerprint density at radius 3 is 2.46 bits per heavy atom. The highest BCUT2D eigenvalue weighted by Gasteiger charge is 2.15. The van der Waals surface area contributed by atoms with Gasteiger partial charge in [0.05, 0.1) is 5.69 Å². The minimum absolute atomic E-state index is 0.661. The number of rotatable bonds is 2. The van der Waals surface area contributed by atoms with E-state index in [0.29, 0.717) is 5.89 Å². The van der Waals surface area contributed by atoms with Gasteiger partial charge in [0.1, 0.15) is 11.8 Å². The van der Waals surface area contributed by atoms with Crippen molar-refractivity contribution in [1.29, 1.82) is 0 Å². The van der Waals surface area contributed by atoms with Crippen LogP contribution in [0.1, 0.15) is 22.6 Å². The van der Waals surface area contributed by atoms with E-state index in [4.69, 9.17) is 4.42 Å². The molecular formula is C19H18N4O. The van der Waals surface area contributed by atoms with E-state index in [1.54, 1.807) is 6.33 Å². The Labute approximate surface area is 140 Å². The first-order valence-corrected chi connectivity index (χ1v) is 7.89. The zero-order valence-corrected chi connectivity index (χ0v) is 14.2. The molecule has 4 rings (SSSR count).